The summed E-state index contributed by atoms with van der Waals surface area (Å²) in [6, 6.07) is 0. The molecule has 0 saturated carbocycles. The minimum atomic E-state index is -5.08. The molecule has 0 spiro atoms. The van der Waals surface area contributed by atoms with Crippen LogP contribution in [-0.2, 0) is 26.1 Å². The normalized spacial score (nSPS) is 9.85. The van der Waals surface area contributed by atoms with Gasteiger partial charge in [-0.3, -0.25) is 0 Å². The molecule has 0 amide bonds. The van der Waals surface area contributed by atoms with E-state index in [2.05, 4.69) is 21.3 Å². The maximum atomic E-state index is 10.6. The maximum Gasteiger partial charge on any atom is 0.490 e. The zero-order valence-electron chi connectivity index (χ0n) is 15.1. The zero-order chi connectivity index (χ0) is 21.8. The van der Waals surface area contributed by atoms with Crippen LogP contribution < -0.4 is 21.3 Å². The van der Waals surface area contributed by atoms with E-state index in [0.717, 1.165) is 26.2 Å². The summed E-state index contributed by atoms with van der Waals surface area (Å²) >= 11 is 0. The van der Waals surface area contributed by atoms with Crippen LogP contribution in [0.4, 0.5) is 26.3 Å². The van der Waals surface area contributed by atoms with Crippen molar-refractivity contribution in [3.8, 4) is 0 Å². The Morgan fingerprint density at radius 2 is 0.741 bits per heavy atom. The van der Waals surface area contributed by atoms with Crippen LogP contribution in [0.3, 0.4) is 0 Å². The topological polar surface area (TPSA) is 123 Å². The minimum Gasteiger partial charge on any atom is -0.475 e. The molecule has 0 aromatic heterocycles. The Labute approximate surface area is 163 Å². The van der Waals surface area contributed by atoms with E-state index in [1.54, 1.807) is 0 Å². The molecule has 170 valence electrons. The van der Waals surface area contributed by atoms with E-state index < -0.39 is 24.3 Å². The first kappa shape index (κ1) is 36.7. The van der Waals surface area contributed by atoms with Crippen molar-refractivity contribution < 1.29 is 62.6 Å². The number of likely N-dealkylation sites (N-methyl/N-ethyl adjacent to an activating group) is 4. The summed E-state index contributed by atoms with van der Waals surface area (Å²) in [5, 5.41) is 26.3. The Morgan fingerprint density at radius 1 is 0.630 bits per heavy atom. The summed E-state index contributed by atoms with van der Waals surface area (Å²) in [4.78, 5) is 17.8. The van der Waals surface area contributed by atoms with E-state index in [0.29, 0.717) is 0 Å². The van der Waals surface area contributed by atoms with Gasteiger partial charge in [0, 0.05) is 42.7 Å². The summed E-state index contributed by atoms with van der Waals surface area (Å²) in [5.74, 6) is -5.51. The summed E-state index contributed by atoms with van der Waals surface area (Å²) in [6.45, 7) is 4.21. The Morgan fingerprint density at radius 3 is 0.778 bits per heavy atom. The number of aliphatic carboxylic acids is 2. The molecule has 0 aromatic rings. The quantitative estimate of drug-likeness (QED) is 0.187. The number of nitrogens with one attached hydrogen (secondary N) is 4. The second-order valence-electron chi connectivity index (χ2n) is 4.02. The van der Waals surface area contributed by atoms with Gasteiger partial charge in [-0.15, -0.1) is 0 Å². The van der Waals surface area contributed by atoms with Crippen molar-refractivity contribution >= 4 is 11.9 Å². The van der Waals surface area contributed by atoms with E-state index in [-0.39, 0.29) is 16.5 Å². The number of carbonyl (C=O) groups is 2. The Bertz CT molecular complexity index is 307. The number of hydrogen-bond donors (Lipinski definition) is 6. The van der Waals surface area contributed by atoms with E-state index in [4.69, 9.17) is 19.8 Å². The Balaban J connectivity index is -0.0000000789. The van der Waals surface area contributed by atoms with Gasteiger partial charge in [0.2, 0.25) is 0 Å². The van der Waals surface area contributed by atoms with Gasteiger partial charge in [0.1, 0.15) is 0 Å². The summed E-state index contributed by atoms with van der Waals surface area (Å²) in [6.07, 6.45) is -10.2. The van der Waals surface area contributed by atoms with Gasteiger partial charge in [-0.25, -0.2) is 9.59 Å². The molecule has 0 aromatic carbocycles. The van der Waals surface area contributed by atoms with Crippen LogP contribution in [0.2, 0.25) is 0 Å². The largest absolute Gasteiger partial charge is 0.490 e. The van der Waals surface area contributed by atoms with E-state index >= 15 is 0 Å². The van der Waals surface area contributed by atoms with Crippen molar-refractivity contribution in [1.82, 2.24) is 21.3 Å². The van der Waals surface area contributed by atoms with Crippen molar-refractivity contribution in [2.75, 3.05) is 54.4 Å². The Hall–Kier alpha value is -1.15. The minimum absolute atomic E-state index is 0. The van der Waals surface area contributed by atoms with Gasteiger partial charge in [-0.1, -0.05) is 0 Å². The summed E-state index contributed by atoms with van der Waals surface area (Å²) < 4.78 is 63.5. The predicted octanol–water partition coefficient (Wildman–Crippen LogP) is 0.115. The van der Waals surface area contributed by atoms with Gasteiger partial charge >= 0.3 is 24.3 Å². The monoisotopic (exact) mass is 462 g/mol. The molecule has 0 aliphatic heterocycles. The zero-order valence-corrected chi connectivity index (χ0v) is 16.1. The summed E-state index contributed by atoms with van der Waals surface area (Å²) in [7, 11) is 7.77. The third-order valence-corrected chi connectivity index (χ3v) is 1.74. The number of halogens is 6. The van der Waals surface area contributed by atoms with Gasteiger partial charge < -0.3 is 31.5 Å². The molecule has 0 aliphatic carbocycles. The standard InChI is InChI=1S/2C4H12N2.2C2HF3O2.Ni/c2*1-5-3-4-6-2;2*3-2(4,5)1(6)7;/h2*5-6H,3-4H2,1-2H3;2*(H,6,7);. The van der Waals surface area contributed by atoms with Gasteiger partial charge in [0.25, 0.3) is 0 Å². The van der Waals surface area contributed by atoms with Crippen molar-refractivity contribution in [3.63, 3.8) is 0 Å². The molecule has 0 heterocycles. The number of alkyl halides is 6. The molecule has 0 radical (unpaired) electrons. The van der Waals surface area contributed by atoms with Crippen molar-refractivity contribution in [2.45, 2.75) is 12.4 Å². The van der Waals surface area contributed by atoms with Crippen LogP contribution >= 0.6 is 0 Å². The summed E-state index contributed by atoms with van der Waals surface area (Å²) in [5.41, 5.74) is 0. The SMILES string of the molecule is CNCCNC.CNCCNC.O=C(O)C(F)(F)F.O=C(O)C(F)(F)F.[Ni]. The molecular formula is C12H26F6N4NiO4. The van der Waals surface area contributed by atoms with Crippen LogP contribution in [0.25, 0.3) is 0 Å². The average molecular weight is 463 g/mol. The third kappa shape index (κ3) is 45.7. The molecule has 6 N–H and O–H groups in total. The van der Waals surface area contributed by atoms with E-state index in [1.165, 1.54) is 0 Å². The van der Waals surface area contributed by atoms with Crippen LogP contribution in [0, 0.1) is 0 Å². The molecule has 15 heteroatoms. The molecule has 0 rings (SSSR count). The number of carboxylic acids is 2. The maximum absolute atomic E-state index is 10.6. The van der Waals surface area contributed by atoms with Crippen LogP contribution in [0.15, 0.2) is 0 Å². The molecule has 8 nitrogen and oxygen atoms in total. The van der Waals surface area contributed by atoms with Crippen LogP contribution in [0.5, 0.6) is 0 Å². The van der Waals surface area contributed by atoms with Crippen molar-refractivity contribution in [3.05, 3.63) is 0 Å². The van der Waals surface area contributed by atoms with Crippen molar-refractivity contribution in [2.24, 2.45) is 0 Å². The molecule has 0 aliphatic rings. The van der Waals surface area contributed by atoms with Gasteiger partial charge in [0.05, 0.1) is 0 Å². The van der Waals surface area contributed by atoms with Crippen LogP contribution in [-0.4, -0.2) is 88.9 Å². The van der Waals surface area contributed by atoms with E-state index in [9.17, 15) is 26.3 Å². The predicted molar refractivity (Wildman–Crippen MR) is 83.1 cm³/mol. The van der Waals surface area contributed by atoms with Gasteiger partial charge in [-0.05, 0) is 28.2 Å². The molecule has 27 heavy (non-hydrogen) atoms. The fourth-order valence-corrected chi connectivity index (χ4v) is 0.500. The third-order valence-electron chi connectivity index (χ3n) is 1.74. The Kier molecular flexibility index (Phi) is 31.1. The average Bonchev–Trinajstić information content (AvgIpc) is 2.50. The fourth-order valence-electron chi connectivity index (χ4n) is 0.500. The second kappa shape index (κ2) is 22.9. The number of carboxylic acid groups (broad SMARTS) is 2. The van der Waals surface area contributed by atoms with E-state index in [1.807, 2.05) is 28.2 Å². The molecule has 0 unspecified atom stereocenters. The second-order valence-corrected chi connectivity index (χ2v) is 4.02. The van der Waals surface area contributed by atoms with Gasteiger partial charge in [0.15, 0.2) is 0 Å². The van der Waals surface area contributed by atoms with Crippen LogP contribution in [0.1, 0.15) is 0 Å². The first-order chi connectivity index (χ1) is 11.7. The van der Waals surface area contributed by atoms with Gasteiger partial charge in [-0.2, -0.15) is 26.3 Å². The molecule has 0 bridgehead atoms. The fraction of sp³-hybridized carbons (Fsp3) is 0.833. The first-order valence-corrected chi connectivity index (χ1v) is 6.90. The van der Waals surface area contributed by atoms with Crippen molar-refractivity contribution in [1.29, 1.82) is 0 Å². The number of rotatable bonds is 6. The number of hydrogen-bond acceptors (Lipinski definition) is 6. The molecule has 0 saturated heterocycles. The molecule has 0 fully saturated rings. The molecule has 0 atom stereocenters. The first-order valence-electron chi connectivity index (χ1n) is 6.90. The molecular weight excluding hydrogens is 437 g/mol. The smallest absolute Gasteiger partial charge is 0.475 e.